The molecule has 1 amide bonds. The molecule has 3 rings (SSSR count). The first kappa shape index (κ1) is 19.6. The molecule has 1 aliphatic heterocycles. The molecule has 1 fully saturated rings. The standard InChI is InChI=1S/C21H25NO4S/c1-27(25,26)15-16-7-9-19(10-8-16)21(24)22-13-11-18(12-14-22)20(23)17-5-3-2-4-6-17/h2-10,18,20,23H,11-15H2,1H3. The maximum atomic E-state index is 12.7. The third kappa shape index (κ3) is 5.17. The Morgan fingerprint density at radius 2 is 1.67 bits per heavy atom. The summed E-state index contributed by atoms with van der Waals surface area (Å²) in [7, 11) is -3.09. The van der Waals surface area contributed by atoms with Crippen LogP contribution in [0.15, 0.2) is 54.6 Å². The summed E-state index contributed by atoms with van der Waals surface area (Å²) in [5.74, 6) is 0.0756. The lowest BCUT2D eigenvalue weighted by atomic mass is 9.87. The van der Waals surface area contributed by atoms with Crippen LogP contribution in [0.4, 0.5) is 0 Å². The molecule has 5 nitrogen and oxygen atoms in total. The number of nitrogens with zero attached hydrogens (tertiary/aromatic N) is 1. The Balaban J connectivity index is 1.58. The highest BCUT2D eigenvalue weighted by atomic mass is 32.2. The molecular weight excluding hydrogens is 362 g/mol. The number of piperidine rings is 1. The van der Waals surface area contributed by atoms with Crippen molar-refractivity contribution in [3.63, 3.8) is 0 Å². The van der Waals surface area contributed by atoms with Gasteiger partial charge in [0.15, 0.2) is 9.84 Å². The van der Waals surface area contributed by atoms with Crippen molar-refractivity contribution in [3.8, 4) is 0 Å². The van der Waals surface area contributed by atoms with Gasteiger partial charge in [-0.2, -0.15) is 0 Å². The number of hydrogen-bond donors (Lipinski definition) is 1. The zero-order valence-electron chi connectivity index (χ0n) is 15.4. The second kappa shape index (κ2) is 8.23. The van der Waals surface area contributed by atoms with Gasteiger partial charge in [-0.05, 0) is 42.0 Å². The van der Waals surface area contributed by atoms with Crippen LogP contribution in [0.3, 0.4) is 0 Å². The lowest BCUT2D eigenvalue weighted by Gasteiger charge is -2.34. The van der Waals surface area contributed by atoms with Crippen LogP contribution in [0.1, 0.15) is 40.4 Å². The van der Waals surface area contributed by atoms with E-state index in [-0.39, 0.29) is 17.6 Å². The van der Waals surface area contributed by atoms with Crippen molar-refractivity contribution >= 4 is 15.7 Å². The number of likely N-dealkylation sites (tertiary alicyclic amines) is 1. The second-order valence-electron chi connectivity index (χ2n) is 7.25. The highest BCUT2D eigenvalue weighted by Crippen LogP contribution is 2.31. The summed E-state index contributed by atoms with van der Waals surface area (Å²) in [6.07, 6.45) is 2.21. The van der Waals surface area contributed by atoms with Gasteiger partial charge in [0.2, 0.25) is 0 Å². The molecule has 1 N–H and O–H groups in total. The van der Waals surface area contributed by atoms with E-state index in [1.807, 2.05) is 30.3 Å². The summed E-state index contributed by atoms with van der Waals surface area (Å²) >= 11 is 0. The van der Waals surface area contributed by atoms with Gasteiger partial charge >= 0.3 is 0 Å². The number of benzene rings is 2. The summed E-state index contributed by atoms with van der Waals surface area (Å²) in [4.78, 5) is 14.5. The van der Waals surface area contributed by atoms with Crippen molar-refractivity contribution in [2.24, 2.45) is 5.92 Å². The van der Waals surface area contributed by atoms with Gasteiger partial charge < -0.3 is 10.0 Å². The Bertz CT molecular complexity index is 870. The van der Waals surface area contributed by atoms with Crippen molar-refractivity contribution < 1.29 is 18.3 Å². The fourth-order valence-corrected chi connectivity index (χ4v) is 4.37. The fraction of sp³-hybridized carbons (Fsp3) is 0.381. The van der Waals surface area contributed by atoms with E-state index in [1.54, 1.807) is 29.2 Å². The van der Waals surface area contributed by atoms with Crippen molar-refractivity contribution in [1.29, 1.82) is 0 Å². The summed E-state index contributed by atoms with van der Waals surface area (Å²) in [6.45, 7) is 1.22. The quantitative estimate of drug-likeness (QED) is 0.856. The van der Waals surface area contributed by atoms with E-state index >= 15 is 0 Å². The molecule has 0 saturated carbocycles. The van der Waals surface area contributed by atoms with Crippen LogP contribution in [0, 0.1) is 5.92 Å². The molecule has 0 spiro atoms. The van der Waals surface area contributed by atoms with Crippen molar-refractivity contribution in [2.75, 3.05) is 19.3 Å². The summed E-state index contributed by atoms with van der Waals surface area (Å²) in [5.41, 5.74) is 2.16. The molecule has 1 heterocycles. The number of carbonyl (C=O) groups excluding carboxylic acids is 1. The van der Waals surface area contributed by atoms with E-state index in [2.05, 4.69) is 0 Å². The minimum absolute atomic E-state index is 0.0236. The van der Waals surface area contributed by atoms with Crippen LogP contribution in [0.25, 0.3) is 0 Å². The van der Waals surface area contributed by atoms with Crippen LogP contribution < -0.4 is 0 Å². The van der Waals surface area contributed by atoms with Gasteiger partial charge in [0.1, 0.15) is 0 Å². The third-order valence-corrected chi connectivity index (χ3v) is 5.90. The highest BCUT2D eigenvalue weighted by Gasteiger charge is 2.28. The predicted molar refractivity (Wildman–Crippen MR) is 105 cm³/mol. The van der Waals surface area contributed by atoms with Crippen molar-refractivity contribution in [2.45, 2.75) is 24.7 Å². The average molecular weight is 388 g/mol. The number of hydrogen-bond acceptors (Lipinski definition) is 4. The average Bonchev–Trinajstić information content (AvgIpc) is 2.67. The molecule has 1 atom stereocenters. The van der Waals surface area contributed by atoms with Gasteiger partial charge in [0, 0.05) is 24.9 Å². The number of aliphatic hydroxyl groups excluding tert-OH is 1. The van der Waals surface area contributed by atoms with Gasteiger partial charge in [0.25, 0.3) is 5.91 Å². The zero-order valence-corrected chi connectivity index (χ0v) is 16.2. The van der Waals surface area contributed by atoms with E-state index < -0.39 is 15.9 Å². The van der Waals surface area contributed by atoms with Crippen LogP contribution >= 0.6 is 0 Å². The maximum absolute atomic E-state index is 12.7. The number of amides is 1. The van der Waals surface area contributed by atoms with E-state index in [4.69, 9.17) is 0 Å². The van der Waals surface area contributed by atoms with Gasteiger partial charge in [0.05, 0.1) is 11.9 Å². The summed E-state index contributed by atoms with van der Waals surface area (Å²) in [6, 6.07) is 16.4. The van der Waals surface area contributed by atoms with Crippen LogP contribution in [-0.2, 0) is 15.6 Å². The minimum atomic E-state index is -3.09. The Hall–Kier alpha value is -2.18. The summed E-state index contributed by atoms with van der Waals surface area (Å²) < 4.78 is 22.7. The van der Waals surface area contributed by atoms with Gasteiger partial charge in [-0.3, -0.25) is 4.79 Å². The summed E-state index contributed by atoms with van der Waals surface area (Å²) in [5, 5.41) is 10.6. The van der Waals surface area contributed by atoms with Crippen molar-refractivity contribution in [3.05, 3.63) is 71.3 Å². The minimum Gasteiger partial charge on any atom is -0.388 e. The normalized spacial score (nSPS) is 16.9. The first-order valence-electron chi connectivity index (χ1n) is 9.12. The van der Waals surface area contributed by atoms with E-state index in [9.17, 15) is 18.3 Å². The number of aliphatic hydroxyl groups is 1. The smallest absolute Gasteiger partial charge is 0.253 e. The van der Waals surface area contributed by atoms with Crippen LogP contribution in [0.2, 0.25) is 0 Å². The molecule has 2 aromatic rings. The molecule has 6 heteroatoms. The molecule has 2 aromatic carbocycles. The second-order valence-corrected chi connectivity index (χ2v) is 9.39. The molecule has 1 aliphatic rings. The molecule has 0 aliphatic carbocycles. The van der Waals surface area contributed by atoms with E-state index in [0.717, 1.165) is 18.4 Å². The maximum Gasteiger partial charge on any atom is 0.253 e. The lowest BCUT2D eigenvalue weighted by molar-refractivity contribution is 0.0462. The molecule has 144 valence electrons. The molecule has 27 heavy (non-hydrogen) atoms. The van der Waals surface area contributed by atoms with Crippen molar-refractivity contribution in [1.82, 2.24) is 4.90 Å². The predicted octanol–water partition coefficient (Wildman–Crippen LogP) is 2.82. The lowest BCUT2D eigenvalue weighted by Crippen LogP contribution is -2.39. The zero-order chi connectivity index (χ0) is 19.4. The first-order valence-corrected chi connectivity index (χ1v) is 11.2. The van der Waals surface area contributed by atoms with Gasteiger partial charge in [-0.25, -0.2) is 8.42 Å². The van der Waals surface area contributed by atoms with Gasteiger partial charge in [-0.1, -0.05) is 42.5 Å². The third-order valence-electron chi connectivity index (χ3n) is 5.04. The molecule has 0 bridgehead atoms. The Labute approximate surface area is 160 Å². The van der Waals surface area contributed by atoms with Crippen LogP contribution in [-0.4, -0.2) is 43.7 Å². The molecule has 1 saturated heterocycles. The Morgan fingerprint density at radius 1 is 1.07 bits per heavy atom. The van der Waals surface area contributed by atoms with Crippen LogP contribution in [0.5, 0.6) is 0 Å². The Kier molecular flexibility index (Phi) is 5.97. The molecule has 0 aromatic heterocycles. The fourth-order valence-electron chi connectivity index (χ4n) is 3.57. The monoisotopic (exact) mass is 387 g/mol. The van der Waals surface area contributed by atoms with Gasteiger partial charge in [-0.15, -0.1) is 0 Å². The largest absolute Gasteiger partial charge is 0.388 e. The van der Waals surface area contributed by atoms with E-state index in [0.29, 0.717) is 24.2 Å². The van der Waals surface area contributed by atoms with E-state index in [1.165, 1.54) is 6.26 Å². The molecular formula is C21H25NO4S. The number of sulfone groups is 1. The molecule has 1 unspecified atom stereocenters. The SMILES string of the molecule is CS(=O)(=O)Cc1ccc(C(=O)N2CCC(C(O)c3ccccc3)CC2)cc1. The highest BCUT2D eigenvalue weighted by molar-refractivity contribution is 7.89. The number of carbonyl (C=O) groups is 1. The first-order chi connectivity index (χ1) is 12.8. The molecule has 0 radical (unpaired) electrons. The Morgan fingerprint density at radius 3 is 2.22 bits per heavy atom. The number of rotatable bonds is 5. The topological polar surface area (TPSA) is 74.7 Å².